The van der Waals surface area contributed by atoms with E-state index in [0.717, 1.165) is 25.7 Å². The van der Waals surface area contributed by atoms with Crippen molar-refractivity contribution in [1.29, 1.82) is 0 Å². The van der Waals surface area contributed by atoms with Crippen LogP contribution >= 0.6 is 11.3 Å². The van der Waals surface area contributed by atoms with Gasteiger partial charge >= 0.3 is 6.03 Å². The Bertz CT molecular complexity index is 447. The standard InChI is InChI=1S/C15H24N2O2S/c1-11-7-8-13(20-11)9-16-15(19)17(2)10-12-5-3-4-6-14(12)18/h7-8,12,14,18H,3-6,9-10H2,1-2H3,(H,16,19)/t12-,14-/m1/s1. The second-order valence-electron chi connectivity index (χ2n) is 5.66. The SMILES string of the molecule is Cc1ccc(CNC(=O)N(C)C[C@H]2CCCC[C@H]2O)s1. The Morgan fingerprint density at radius 1 is 1.45 bits per heavy atom. The molecule has 0 aromatic carbocycles. The predicted molar refractivity (Wildman–Crippen MR) is 81.9 cm³/mol. The molecule has 0 unspecified atom stereocenters. The van der Waals surface area contributed by atoms with Crippen LogP contribution in [0.25, 0.3) is 0 Å². The van der Waals surface area contributed by atoms with E-state index in [-0.39, 0.29) is 18.1 Å². The van der Waals surface area contributed by atoms with Crippen molar-refractivity contribution in [1.82, 2.24) is 10.2 Å². The van der Waals surface area contributed by atoms with Crippen molar-refractivity contribution in [2.45, 2.75) is 45.3 Å². The molecule has 4 nitrogen and oxygen atoms in total. The van der Waals surface area contributed by atoms with E-state index < -0.39 is 0 Å². The average Bonchev–Trinajstić information content (AvgIpc) is 2.84. The molecule has 20 heavy (non-hydrogen) atoms. The van der Waals surface area contributed by atoms with Crippen LogP contribution in [0, 0.1) is 12.8 Å². The average molecular weight is 296 g/mol. The summed E-state index contributed by atoms with van der Waals surface area (Å²) < 4.78 is 0. The Hall–Kier alpha value is -1.07. The highest BCUT2D eigenvalue weighted by atomic mass is 32.1. The molecule has 1 saturated carbocycles. The lowest BCUT2D eigenvalue weighted by molar-refractivity contribution is 0.0565. The number of hydrogen-bond donors (Lipinski definition) is 2. The van der Waals surface area contributed by atoms with Gasteiger partial charge in [-0.2, -0.15) is 0 Å². The third-order valence-electron chi connectivity index (χ3n) is 3.93. The lowest BCUT2D eigenvalue weighted by atomic mass is 9.86. The Labute approximate surface area is 124 Å². The monoisotopic (exact) mass is 296 g/mol. The van der Waals surface area contributed by atoms with E-state index in [4.69, 9.17) is 0 Å². The van der Waals surface area contributed by atoms with Crippen molar-refractivity contribution in [2.24, 2.45) is 5.92 Å². The van der Waals surface area contributed by atoms with E-state index in [1.54, 1.807) is 23.3 Å². The van der Waals surface area contributed by atoms with E-state index in [2.05, 4.69) is 18.3 Å². The fourth-order valence-electron chi connectivity index (χ4n) is 2.71. The summed E-state index contributed by atoms with van der Waals surface area (Å²) in [5.41, 5.74) is 0. The Balaban J connectivity index is 1.76. The fraction of sp³-hybridized carbons (Fsp3) is 0.667. The van der Waals surface area contributed by atoms with Gasteiger partial charge in [0, 0.05) is 29.3 Å². The summed E-state index contributed by atoms with van der Waals surface area (Å²) in [7, 11) is 1.80. The number of thiophene rings is 1. The number of aliphatic hydroxyl groups is 1. The van der Waals surface area contributed by atoms with Crippen molar-refractivity contribution < 1.29 is 9.90 Å². The highest BCUT2D eigenvalue weighted by molar-refractivity contribution is 7.11. The van der Waals surface area contributed by atoms with Gasteiger partial charge in [0.2, 0.25) is 0 Å². The molecule has 0 aliphatic heterocycles. The van der Waals surface area contributed by atoms with Crippen LogP contribution in [0.15, 0.2) is 12.1 Å². The summed E-state index contributed by atoms with van der Waals surface area (Å²) in [6.45, 7) is 3.28. The lowest BCUT2D eigenvalue weighted by Crippen LogP contribution is -2.42. The topological polar surface area (TPSA) is 52.6 Å². The Kier molecular flexibility index (Phi) is 5.43. The first-order chi connectivity index (χ1) is 9.56. The molecule has 0 bridgehead atoms. The molecular formula is C15H24N2O2S. The molecule has 2 N–H and O–H groups in total. The molecule has 0 saturated heterocycles. The minimum atomic E-state index is -0.251. The molecule has 2 rings (SSSR count). The first kappa shape index (κ1) is 15.3. The number of urea groups is 1. The van der Waals surface area contributed by atoms with Gasteiger partial charge in [0.05, 0.1) is 12.6 Å². The molecular weight excluding hydrogens is 272 g/mol. The Morgan fingerprint density at radius 3 is 2.85 bits per heavy atom. The van der Waals surface area contributed by atoms with Crippen LogP contribution in [0.2, 0.25) is 0 Å². The summed E-state index contributed by atoms with van der Waals surface area (Å²) in [6, 6.07) is 4.05. The third kappa shape index (κ3) is 4.21. The van der Waals surface area contributed by atoms with E-state index in [0.29, 0.717) is 13.1 Å². The van der Waals surface area contributed by atoms with Crippen molar-refractivity contribution in [2.75, 3.05) is 13.6 Å². The number of carbonyl (C=O) groups excluding carboxylic acids is 1. The minimum absolute atomic E-state index is 0.0613. The summed E-state index contributed by atoms with van der Waals surface area (Å²) in [5, 5.41) is 12.9. The Morgan fingerprint density at radius 2 is 2.20 bits per heavy atom. The predicted octanol–water partition coefficient (Wildman–Crippen LogP) is 2.75. The smallest absolute Gasteiger partial charge is 0.317 e. The number of aryl methyl sites for hydroxylation is 1. The second-order valence-corrected chi connectivity index (χ2v) is 7.04. The summed E-state index contributed by atoms with van der Waals surface area (Å²) in [6.07, 6.45) is 3.90. The number of carbonyl (C=O) groups is 1. The number of amides is 2. The van der Waals surface area contributed by atoms with Crippen LogP contribution in [0.3, 0.4) is 0 Å². The summed E-state index contributed by atoms with van der Waals surface area (Å²) in [4.78, 5) is 16.2. The zero-order valence-corrected chi connectivity index (χ0v) is 13.1. The number of aliphatic hydroxyl groups excluding tert-OH is 1. The molecule has 1 aromatic heterocycles. The normalized spacial score (nSPS) is 22.6. The molecule has 2 atom stereocenters. The number of hydrogen-bond acceptors (Lipinski definition) is 3. The van der Waals surface area contributed by atoms with Crippen LogP contribution in [-0.2, 0) is 6.54 Å². The van der Waals surface area contributed by atoms with Crippen LogP contribution < -0.4 is 5.32 Å². The number of rotatable bonds is 4. The van der Waals surface area contributed by atoms with Gasteiger partial charge in [0.25, 0.3) is 0 Å². The molecule has 1 fully saturated rings. The van der Waals surface area contributed by atoms with Gasteiger partial charge in [-0.15, -0.1) is 11.3 Å². The molecule has 112 valence electrons. The molecule has 2 amide bonds. The van der Waals surface area contributed by atoms with E-state index >= 15 is 0 Å². The first-order valence-electron chi connectivity index (χ1n) is 7.28. The van der Waals surface area contributed by atoms with Gasteiger partial charge in [-0.1, -0.05) is 12.8 Å². The molecule has 0 spiro atoms. The van der Waals surface area contributed by atoms with E-state index in [1.807, 2.05) is 6.07 Å². The van der Waals surface area contributed by atoms with Gasteiger partial charge in [-0.05, 0) is 31.9 Å². The zero-order chi connectivity index (χ0) is 14.5. The maximum Gasteiger partial charge on any atom is 0.317 e. The summed E-state index contributed by atoms with van der Waals surface area (Å²) in [5.74, 6) is 0.225. The van der Waals surface area contributed by atoms with E-state index in [1.165, 1.54) is 9.75 Å². The largest absolute Gasteiger partial charge is 0.393 e. The van der Waals surface area contributed by atoms with Crippen molar-refractivity contribution in [3.8, 4) is 0 Å². The van der Waals surface area contributed by atoms with Gasteiger partial charge in [0.1, 0.15) is 0 Å². The lowest BCUT2D eigenvalue weighted by Gasteiger charge is -2.31. The highest BCUT2D eigenvalue weighted by Gasteiger charge is 2.25. The van der Waals surface area contributed by atoms with E-state index in [9.17, 15) is 9.90 Å². The van der Waals surface area contributed by atoms with Crippen LogP contribution in [0.5, 0.6) is 0 Å². The maximum absolute atomic E-state index is 12.0. The first-order valence-corrected chi connectivity index (χ1v) is 8.10. The van der Waals surface area contributed by atoms with Crippen LogP contribution in [0.4, 0.5) is 4.79 Å². The fourth-order valence-corrected chi connectivity index (χ4v) is 3.54. The zero-order valence-electron chi connectivity index (χ0n) is 12.3. The van der Waals surface area contributed by atoms with Crippen LogP contribution in [-0.4, -0.2) is 35.7 Å². The number of nitrogens with one attached hydrogen (secondary N) is 1. The molecule has 0 radical (unpaired) electrons. The molecule has 1 heterocycles. The highest BCUT2D eigenvalue weighted by Crippen LogP contribution is 2.24. The van der Waals surface area contributed by atoms with Gasteiger partial charge in [-0.3, -0.25) is 0 Å². The van der Waals surface area contributed by atoms with Crippen molar-refractivity contribution >= 4 is 17.4 Å². The van der Waals surface area contributed by atoms with Gasteiger partial charge in [0.15, 0.2) is 0 Å². The number of nitrogens with zero attached hydrogens (tertiary/aromatic N) is 1. The molecule has 5 heteroatoms. The molecule has 1 aromatic rings. The van der Waals surface area contributed by atoms with Gasteiger partial charge < -0.3 is 15.3 Å². The molecule has 1 aliphatic rings. The van der Waals surface area contributed by atoms with Crippen LogP contribution in [0.1, 0.15) is 35.4 Å². The maximum atomic E-state index is 12.0. The van der Waals surface area contributed by atoms with Gasteiger partial charge in [-0.25, -0.2) is 4.79 Å². The third-order valence-corrected chi connectivity index (χ3v) is 4.93. The second kappa shape index (κ2) is 7.09. The molecule has 1 aliphatic carbocycles. The van der Waals surface area contributed by atoms with Crippen molar-refractivity contribution in [3.05, 3.63) is 21.9 Å². The minimum Gasteiger partial charge on any atom is -0.393 e. The quantitative estimate of drug-likeness (QED) is 0.897. The summed E-state index contributed by atoms with van der Waals surface area (Å²) >= 11 is 1.70. The van der Waals surface area contributed by atoms with Crippen molar-refractivity contribution in [3.63, 3.8) is 0 Å².